The Morgan fingerprint density at radius 3 is 2.32 bits per heavy atom. The molecule has 6 nitrogen and oxygen atoms in total. The molecule has 3 rings (SSSR count). The van der Waals surface area contributed by atoms with Crippen molar-refractivity contribution in [2.24, 2.45) is 5.92 Å². The summed E-state index contributed by atoms with van der Waals surface area (Å²) in [5.74, 6) is 0.116. The monoisotopic (exact) mass is 346 g/mol. The van der Waals surface area contributed by atoms with E-state index in [1.807, 2.05) is 17.0 Å². The molecule has 0 aliphatic carbocycles. The minimum Gasteiger partial charge on any atom is -0.462 e. The predicted molar refractivity (Wildman–Crippen MR) is 94.7 cm³/mol. The predicted octanol–water partition coefficient (Wildman–Crippen LogP) is 1.94. The zero-order chi connectivity index (χ0) is 17.6. The molecule has 1 aromatic carbocycles. The van der Waals surface area contributed by atoms with Gasteiger partial charge in [-0.2, -0.15) is 0 Å². The number of hydrogen-bond donors (Lipinski definition) is 0. The molecule has 1 amide bonds. The number of nitrogens with zero attached hydrogens (tertiary/aromatic N) is 2. The van der Waals surface area contributed by atoms with Gasteiger partial charge in [0.25, 0.3) is 0 Å². The van der Waals surface area contributed by atoms with E-state index in [4.69, 9.17) is 9.47 Å². The minimum atomic E-state index is -0.291. The summed E-state index contributed by atoms with van der Waals surface area (Å²) >= 11 is 0. The van der Waals surface area contributed by atoms with E-state index >= 15 is 0 Å². The third-order valence-electron chi connectivity index (χ3n) is 4.91. The number of piperazine rings is 1. The summed E-state index contributed by atoms with van der Waals surface area (Å²) in [6.45, 7) is 6.69. The van der Waals surface area contributed by atoms with E-state index in [2.05, 4.69) is 4.90 Å². The number of rotatable bonds is 4. The molecule has 0 spiro atoms. The number of esters is 1. The molecular formula is C19H26N2O4. The molecule has 2 heterocycles. The third kappa shape index (κ3) is 4.31. The zero-order valence-electron chi connectivity index (χ0n) is 14.8. The fraction of sp³-hybridized carbons (Fsp3) is 0.579. The van der Waals surface area contributed by atoms with Crippen LogP contribution in [0.25, 0.3) is 0 Å². The molecule has 2 aliphatic heterocycles. The molecular weight excluding hydrogens is 320 g/mol. The first kappa shape index (κ1) is 17.7. The van der Waals surface area contributed by atoms with Gasteiger partial charge < -0.3 is 19.3 Å². The second-order valence-corrected chi connectivity index (χ2v) is 6.47. The third-order valence-corrected chi connectivity index (χ3v) is 4.91. The maximum atomic E-state index is 12.6. The van der Waals surface area contributed by atoms with Crippen molar-refractivity contribution < 1.29 is 19.1 Å². The van der Waals surface area contributed by atoms with E-state index < -0.39 is 0 Å². The Labute approximate surface area is 148 Å². The Balaban J connectivity index is 1.53. The number of carbonyl (C=O) groups excluding carboxylic acids is 2. The zero-order valence-corrected chi connectivity index (χ0v) is 14.8. The van der Waals surface area contributed by atoms with Crippen molar-refractivity contribution in [1.29, 1.82) is 0 Å². The van der Waals surface area contributed by atoms with Gasteiger partial charge in [-0.25, -0.2) is 4.79 Å². The van der Waals surface area contributed by atoms with Gasteiger partial charge in [0, 0.05) is 51.0 Å². The highest BCUT2D eigenvalue weighted by atomic mass is 16.5. The van der Waals surface area contributed by atoms with Crippen LogP contribution in [0.15, 0.2) is 24.3 Å². The summed E-state index contributed by atoms with van der Waals surface area (Å²) in [7, 11) is 0. The van der Waals surface area contributed by atoms with E-state index in [-0.39, 0.29) is 17.8 Å². The van der Waals surface area contributed by atoms with Crippen molar-refractivity contribution in [1.82, 2.24) is 4.90 Å². The van der Waals surface area contributed by atoms with Crippen molar-refractivity contribution in [2.45, 2.75) is 19.8 Å². The second kappa shape index (κ2) is 8.34. The summed E-state index contributed by atoms with van der Waals surface area (Å²) in [5.41, 5.74) is 1.64. The van der Waals surface area contributed by atoms with Crippen LogP contribution in [-0.2, 0) is 14.3 Å². The fourth-order valence-electron chi connectivity index (χ4n) is 3.41. The summed E-state index contributed by atoms with van der Waals surface area (Å²) in [5, 5.41) is 0. The van der Waals surface area contributed by atoms with Gasteiger partial charge >= 0.3 is 5.97 Å². The largest absolute Gasteiger partial charge is 0.462 e. The Kier molecular flexibility index (Phi) is 5.91. The van der Waals surface area contributed by atoms with Crippen LogP contribution in [0.2, 0.25) is 0 Å². The first-order valence-corrected chi connectivity index (χ1v) is 9.07. The van der Waals surface area contributed by atoms with Crippen molar-refractivity contribution >= 4 is 17.6 Å². The van der Waals surface area contributed by atoms with Crippen molar-refractivity contribution in [2.75, 3.05) is 50.9 Å². The average Bonchev–Trinajstić information content (AvgIpc) is 2.68. The van der Waals surface area contributed by atoms with Gasteiger partial charge in [-0.15, -0.1) is 0 Å². The molecule has 6 heteroatoms. The van der Waals surface area contributed by atoms with Crippen LogP contribution >= 0.6 is 0 Å². The van der Waals surface area contributed by atoms with Crippen molar-refractivity contribution in [3.05, 3.63) is 29.8 Å². The van der Waals surface area contributed by atoms with Crippen LogP contribution in [0.4, 0.5) is 5.69 Å². The van der Waals surface area contributed by atoms with Gasteiger partial charge in [0.1, 0.15) is 0 Å². The van der Waals surface area contributed by atoms with Gasteiger partial charge in [0.15, 0.2) is 0 Å². The highest BCUT2D eigenvalue weighted by Crippen LogP contribution is 2.21. The van der Waals surface area contributed by atoms with Gasteiger partial charge in [-0.05, 0) is 44.0 Å². The SMILES string of the molecule is CCOC(=O)c1ccc(N2CCN(C(=O)C3CCOCC3)CC2)cc1. The maximum absolute atomic E-state index is 12.6. The average molecular weight is 346 g/mol. The highest BCUT2D eigenvalue weighted by molar-refractivity contribution is 5.89. The number of carbonyl (C=O) groups is 2. The lowest BCUT2D eigenvalue weighted by Gasteiger charge is -2.38. The normalized spacial score (nSPS) is 18.9. The van der Waals surface area contributed by atoms with E-state index in [1.165, 1.54) is 0 Å². The fourth-order valence-corrected chi connectivity index (χ4v) is 3.41. The topological polar surface area (TPSA) is 59.1 Å². The van der Waals surface area contributed by atoms with Gasteiger partial charge in [0.2, 0.25) is 5.91 Å². The van der Waals surface area contributed by atoms with Crippen LogP contribution in [0.5, 0.6) is 0 Å². The summed E-state index contributed by atoms with van der Waals surface area (Å²) in [4.78, 5) is 28.5. The first-order valence-electron chi connectivity index (χ1n) is 9.07. The van der Waals surface area contributed by atoms with Crippen LogP contribution in [-0.4, -0.2) is 62.8 Å². The molecule has 1 aromatic rings. The van der Waals surface area contributed by atoms with Gasteiger partial charge in [0.05, 0.1) is 12.2 Å². The van der Waals surface area contributed by atoms with Gasteiger partial charge in [-0.3, -0.25) is 4.79 Å². The van der Waals surface area contributed by atoms with E-state index in [0.717, 1.165) is 44.7 Å². The van der Waals surface area contributed by atoms with Crippen LogP contribution in [0.3, 0.4) is 0 Å². The number of benzene rings is 1. The van der Waals surface area contributed by atoms with E-state index in [0.29, 0.717) is 25.4 Å². The second-order valence-electron chi connectivity index (χ2n) is 6.47. The smallest absolute Gasteiger partial charge is 0.338 e. The molecule has 0 N–H and O–H groups in total. The lowest BCUT2D eigenvalue weighted by atomic mass is 9.98. The molecule has 0 atom stereocenters. The lowest BCUT2D eigenvalue weighted by Crippen LogP contribution is -2.51. The highest BCUT2D eigenvalue weighted by Gasteiger charge is 2.28. The summed E-state index contributed by atoms with van der Waals surface area (Å²) in [6, 6.07) is 7.49. The molecule has 136 valence electrons. The molecule has 0 bridgehead atoms. The first-order chi connectivity index (χ1) is 12.2. The Bertz CT molecular complexity index is 588. The molecule has 2 aliphatic rings. The molecule has 0 aromatic heterocycles. The minimum absolute atomic E-state index is 0.129. The van der Waals surface area contributed by atoms with Crippen molar-refractivity contribution in [3.8, 4) is 0 Å². The number of hydrogen-bond acceptors (Lipinski definition) is 5. The molecule has 2 fully saturated rings. The maximum Gasteiger partial charge on any atom is 0.338 e. The van der Waals surface area contributed by atoms with Crippen LogP contribution < -0.4 is 4.90 Å². The van der Waals surface area contributed by atoms with Crippen LogP contribution in [0.1, 0.15) is 30.1 Å². The number of anilines is 1. The molecule has 25 heavy (non-hydrogen) atoms. The Hall–Kier alpha value is -2.08. The van der Waals surface area contributed by atoms with E-state index in [1.54, 1.807) is 19.1 Å². The van der Waals surface area contributed by atoms with Crippen molar-refractivity contribution in [3.63, 3.8) is 0 Å². The van der Waals surface area contributed by atoms with E-state index in [9.17, 15) is 9.59 Å². The number of amides is 1. The standard InChI is InChI=1S/C19H26N2O4/c1-2-25-19(23)16-3-5-17(6-4-16)20-9-11-21(12-10-20)18(22)15-7-13-24-14-8-15/h3-6,15H,2,7-14H2,1H3. The number of ether oxygens (including phenoxy) is 2. The Morgan fingerprint density at radius 2 is 1.72 bits per heavy atom. The Morgan fingerprint density at radius 1 is 1.08 bits per heavy atom. The molecule has 2 saturated heterocycles. The van der Waals surface area contributed by atoms with Gasteiger partial charge in [-0.1, -0.05) is 0 Å². The lowest BCUT2D eigenvalue weighted by molar-refractivity contribution is -0.138. The quantitative estimate of drug-likeness (QED) is 0.780. The summed E-state index contributed by atoms with van der Waals surface area (Å²) < 4.78 is 10.3. The molecule has 0 unspecified atom stereocenters. The summed E-state index contributed by atoms with van der Waals surface area (Å²) in [6.07, 6.45) is 1.68. The van der Waals surface area contributed by atoms with Crippen LogP contribution in [0, 0.1) is 5.92 Å². The molecule has 0 radical (unpaired) electrons. The molecule has 0 saturated carbocycles.